The SMILES string of the molecule is Brc1ccc2c(c1)CNCCC2.O=C(c1ccccc1)N1CCCc2ccc(Br)cc2C1. The molecule has 0 unspecified atom stereocenters. The fourth-order valence-electron chi connectivity index (χ4n) is 4.30. The Hall–Kier alpha value is -1.95. The van der Waals surface area contributed by atoms with Gasteiger partial charge in [-0.15, -0.1) is 0 Å². The lowest BCUT2D eigenvalue weighted by atomic mass is 10.0. The molecule has 166 valence electrons. The maximum atomic E-state index is 12.6. The Morgan fingerprint density at radius 1 is 0.781 bits per heavy atom. The molecule has 0 aromatic heterocycles. The fourth-order valence-corrected chi connectivity index (χ4v) is 5.11. The summed E-state index contributed by atoms with van der Waals surface area (Å²) in [6.45, 7) is 3.68. The van der Waals surface area contributed by atoms with Crippen LogP contribution in [0.1, 0.15) is 45.5 Å². The van der Waals surface area contributed by atoms with Crippen LogP contribution in [0.25, 0.3) is 0 Å². The highest BCUT2D eigenvalue weighted by atomic mass is 79.9. The predicted molar refractivity (Wildman–Crippen MR) is 138 cm³/mol. The molecule has 32 heavy (non-hydrogen) atoms. The molecule has 3 aromatic rings. The van der Waals surface area contributed by atoms with Gasteiger partial charge in [0.2, 0.25) is 0 Å². The molecule has 0 saturated carbocycles. The Balaban J connectivity index is 0.000000174. The maximum Gasteiger partial charge on any atom is 0.254 e. The van der Waals surface area contributed by atoms with Crippen molar-refractivity contribution in [2.75, 3.05) is 13.1 Å². The molecule has 3 nitrogen and oxygen atoms in total. The van der Waals surface area contributed by atoms with Crippen LogP contribution in [-0.2, 0) is 25.9 Å². The van der Waals surface area contributed by atoms with E-state index in [-0.39, 0.29) is 5.91 Å². The number of hydrogen-bond acceptors (Lipinski definition) is 2. The molecular formula is C27H28Br2N2O. The summed E-state index contributed by atoms with van der Waals surface area (Å²) in [5, 5.41) is 3.41. The molecule has 0 spiro atoms. The van der Waals surface area contributed by atoms with E-state index >= 15 is 0 Å². The van der Waals surface area contributed by atoms with Crippen LogP contribution in [-0.4, -0.2) is 23.9 Å². The van der Waals surface area contributed by atoms with Gasteiger partial charge in [-0.3, -0.25) is 4.79 Å². The number of carbonyl (C=O) groups is 1. The molecule has 5 heteroatoms. The van der Waals surface area contributed by atoms with E-state index in [1.54, 1.807) is 0 Å². The summed E-state index contributed by atoms with van der Waals surface area (Å²) in [7, 11) is 0. The number of halogens is 2. The summed E-state index contributed by atoms with van der Waals surface area (Å²) in [6, 6.07) is 22.5. The summed E-state index contributed by atoms with van der Waals surface area (Å²) < 4.78 is 2.26. The van der Waals surface area contributed by atoms with Crippen molar-refractivity contribution in [3.8, 4) is 0 Å². The van der Waals surface area contributed by atoms with Crippen molar-refractivity contribution in [1.29, 1.82) is 0 Å². The van der Waals surface area contributed by atoms with E-state index in [0.29, 0.717) is 6.54 Å². The Morgan fingerprint density at radius 2 is 1.44 bits per heavy atom. The zero-order valence-corrected chi connectivity index (χ0v) is 21.3. The molecule has 1 amide bonds. The van der Waals surface area contributed by atoms with Gasteiger partial charge in [-0.25, -0.2) is 0 Å². The topological polar surface area (TPSA) is 32.3 Å². The van der Waals surface area contributed by atoms with E-state index in [1.807, 2.05) is 35.2 Å². The smallest absolute Gasteiger partial charge is 0.254 e. The second kappa shape index (κ2) is 11.3. The first-order valence-electron chi connectivity index (χ1n) is 11.2. The van der Waals surface area contributed by atoms with E-state index in [2.05, 4.69) is 73.6 Å². The van der Waals surface area contributed by atoms with Gasteiger partial charge in [-0.1, -0.05) is 62.2 Å². The number of amides is 1. The zero-order chi connectivity index (χ0) is 22.3. The third-order valence-electron chi connectivity index (χ3n) is 6.00. The van der Waals surface area contributed by atoms with E-state index in [9.17, 15) is 4.79 Å². The first kappa shape index (κ1) is 23.2. The van der Waals surface area contributed by atoms with Crippen LogP contribution >= 0.6 is 31.9 Å². The van der Waals surface area contributed by atoms with Crippen molar-refractivity contribution in [3.63, 3.8) is 0 Å². The Morgan fingerprint density at radius 3 is 2.19 bits per heavy atom. The van der Waals surface area contributed by atoms with Crippen molar-refractivity contribution in [2.45, 2.75) is 38.8 Å². The summed E-state index contributed by atoms with van der Waals surface area (Å²) in [5.74, 6) is 0.124. The lowest BCUT2D eigenvalue weighted by Gasteiger charge is -2.21. The molecule has 0 bridgehead atoms. The van der Waals surface area contributed by atoms with Crippen molar-refractivity contribution < 1.29 is 4.79 Å². The van der Waals surface area contributed by atoms with Gasteiger partial charge < -0.3 is 10.2 Å². The highest BCUT2D eigenvalue weighted by Crippen LogP contribution is 2.24. The molecule has 2 aliphatic heterocycles. The highest BCUT2D eigenvalue weighted by molar-refractivity contribution is 9.10. The lowest BCUT2D eigenvalue weighted by molar-refractivity contribution is 0.0746. The molecule has 0 radical (unpaired) electrons. The van der Waals surface area contributed by atoms with Crippen LogP contribution in [0.15, 0.2) is 75.7 Å². The third-order valence-corrected chi connectivity index (χ3v) is 6.98. The molecule has 2 heterocycles. The standard InChI is InChI=1S/C17H16BrNO.C10H12BrN/c18-16-9-8-13-7-4-10-19(12-15(13)11-16)17(20)14-5-2-1-3-6-14;11-10-4-3-8-2-1-5-12-7-9(8)6-10/h1-3,5-6,8-9,11H,4,7,10,12H2;3-4,6,12H,1-2,5,7H2. The monoisotopic (exact) mass is 554 g/mol. The number of hydrogen-bond donors (Lipinski definition) is 1. The first-order chi connectivity index (χ1) is 15.6. The summed E-state index contributed by atoms with van der Waals surface area (Å²) >= 11 is 7.00. The number of rotatable bonds is 1. The molecule has 1 N–H and O–H groups in total. The Kier molecular flexibility index (Phi) is 8.17. The average Bonchev–Trinajstić information content (AvgIpc) is 3.17. The maximum absolute atomic E-state index is 12.6. The number of fused-ring (bicyclic) bond motifs is 2. The van der Waals surface area contributed by atoms with Crippen molar-refractivity contribution in [3.05, 3.63) is 103 Å². The Labute approximate surface area is 207 Å². The minimum atomic E-state index is 0.124. The zero-order valence-electron chi connectivity index (χ0n) is 18.1. The fraction of sp³-hybridized carbons (Fsp3) is 0.296. The third kappa shape index (κ3) is 6.09. The molecular weight excluding hydrogens is 528 g/mol. The van der Waals surface area contributed by atoms with Crippen LogP contribution in [0.2, 0.25) is 0 Å². The van der Waals surface area contributed by atoms with Gasteiger partial charge >= 0.3 is 0 Å². The minimum absolute atomic E-state index is 0.124. The largest absolute Gasteiger partial charge is 0.334 e. The summed E-state index contributed by atoms with van der Waals surface area (Å²) in [6.07, 6.45) is 4.54. The predicted octanol–water partition coefficient (Wildman–Crippen LogP) is 6.52. The van der Waals surface area contributed by atoms with Crippen molar-refractivity contribution in [2.24, 2.45) is 0 Å². The second-order valence-electron chi connectivity index (χ2n) is 8.30. The molecule has 0 fully saturated rings. The number of carbonyl (C=O) groups excluding carboxylic acids is 1. The van der Waals surface area contributed by atoms with E-state index in [4.69, 9.17) is 0 Å². The number of nitrogens with one attached hydrogen (secondary N) is 1. The van der Waals surface area contributed by atoms with Gasteiger partial charge in [0.1, 0.15) is 0 Å². The van der Waals surface area contributed by atoms with Gasteiger partial charge in [0.25, 0.3) is 5.91 Å². The quantitative estimate of drug-likeness (QED) is 0.370. The number of nitrogens with zero attached hydrogens (tertiary/aromatic N) is 1. The van der Waals surface area contributed by atoms with Crippen LogP contribution in [0.3, 0.4) is 0 Å². The van der Waals surface area contributed by atoms with Gasteiger partial charge in [-0.05, 0) is 90.9 Å². The first-order valence-corrected chi connectivity index (χ1v) is 12.8. The molecule has 5 rings (SSSR count). The molecule has 0 aliphatic carbocycles. The van der Waals surface area contributed by atoms with Gasteiger partial charge in [0, 0.05) is 34.1 Å². The molecule has 2 aliphatic rings. The Bertz CT molecular complexity index is 1070. The second-order valence-corrected chi connectivity index (χ2v) is 10.1. The van der Waals surface area contributed by atoms with Gasteiger partial charge in [0.05, 0.1) is 0 Å². The molecule has 0 saturated heterocycles. The van der Waals surface area contributed by atoms with Gasteiger partial charge in [-0.2, -0.15) is 0 Å². The number of benzene rings is 3. The van der Waals surface area contributed by atoms with Crippen molar-refractivity contribution in [1.82, 2.24) is 10.2 Å². The molecule has 3 aromatic carbocycles. The number of aryl methyl sites for hydroxylation is 2. The average molecular weight is 556 g/mol. The van der Waals surface area contributed by atoms with E-state index < -0.39 is 0 Å². The lowest BCUT2D eigenvalue weighted by Crippen LogP contribution is -2.30. The van der Waals surface area contributed by atoms with E-state index in [1.165, 1.54) is 39.6 Å². The summed E-state index contributed by atoms with van der Waals surface area (Å²) in [5.41, 5.74) is 6.33. The van der Waals surface area contributed by atoms with Crippen LogP contribution < -0.4 is 5.32 Å². The van der Waals surface area contributed by atoms with Crippen LogP contribution in [0, 0.1) is 0 Å². The minimum Gasteiger partial charge on any atom is -0.334 e. The highest BCUT2D eigenvalue weighted by Gasteiger charge is 2.20. The van der Waals surface area contributed by atoms with Crippen molar-refractivity contribution >= 4 is 37.8 Å². The van der Waals surface area contributed by atoms with Crippen LogP contribution in [0.4, 0.5) is 0 Å². The van der Waals surface area contributed by atoms with E-state index in [0.717, 1.165) is 42.5 Å². The van der Waals surface area contributed by atoms with Crippen LogP contribution in [0.5, 0.6) is 0 Å². The summed E-state index contributed by atoms with van der Waals surface area (Å²) in [4.78, 5) is 14.5. The molecule has 0 atom stereocenters. The van der Waals surface area contributed by atoms with Gasteiger partial charge in [0.15, 0.2) is 0 Å². The normalized spacial score (nSPS) is 15.4.